The average molecular weight is 333 g/mol. The third-order valence-electron chi connectivity index (χ3n) is 3.89. The number of aliphatic hydroxyl groups is 1. The van der Waals surface area contributed by atoms with Crippen LogP contribution < -0.4 is 14.8 Å². The third-order valence-corrected chi connectivity index (χ3v) is 3.89. The Morgan fingerprint density at radius 1 is 1.25 bits per heavy atom. The Morgan fingerprint density at radius 3 is 2.71 bits per heavy atom. The lowest BCUT2D eigenvalue weighted by atomic mass is 10.2. The molecule has 2 N–H and O–H groups in total. The minimum absolute atomic E-state index is 0.0623. The monoisotopic (exact) mass is 333 g/mol. The maximum absolute atomic E-state index is 9.19. The molecule has 0 bridgehead atoms. The summed E-state index contributed by atoms with van der Waals surface area (Å²) in [7, 11) is 1.64. The Labute approximate surface area is 143 Å². The van der Waals surface area contributed by atoms with Crippen molar-refractivity contribution in [1.29, 1.82) is 0 Å². The molecule has 0 atom stereocenters. The van der Waals surface area contributed by atoms with Gasteiger partial charge in [0.05, 0.1) is 32.6 Å². The van der Waals surface area contributed by atoms with Crippen molar-refractivity contribution in [2.75, 3.05) is 25.6 Å². The summed E-state index contributed by atoms with van der Waals surface area (Å²) in [5.74, 6) is 2.44. The highest BCUT2D eigenvalue weighted by Gasteiger charge is 2.12. The van der Waals surface area contributed by atoms with Crippen LogP contribution in [0, 0.1) is 13.8 Å². The fraction of sp³-hybridized carbons (Fsp3) is 0.500. The number of methoxy groups -OCH3 is 1. The number of nitrogens with zero attached hydrogens (tertiary/aromatic N) is 2. The summed E-state index contributed by atoms with van der Waals surface area (Å²) in [6.07, 6.45) is 0.949. The van der Waals surface area contributed by atoms with E-state index in [2.05, 4.69) is 17.3 Å². The molecule has 1 heterocycles. The molecule has 0 amide bonds. The molecule has 0 aliphatic carbocycles. The minimum atomic E-state index is 0.0623. The molecule has 0 spiro atoms. The molecule has 0 unspecified atom stereocenters. The molecule has 1 aromatic heterocycles. The van der Waals surface area contributed by atoms with E-state index >= 15 is 0 Å². The summed E-state index contributed by atoms with van der Waals surface area (Å²) in [5, 5.41) is 17.1. The number of benzene rings is 1. The summed E-state index contributed by atoms with van der Waals surface area (Å²) >= 11 is 0. The number of aliphatic hydroxyl groups excluding tert-OH is 1. The average Bonchev–Trinajstić information content (AvgIpc) is 2.85. The van der Waals surface area contributed by atoms with Crippen molar-refractivity contribution < 1.29 is 14.6 Å². The normalized spacial score (nSPS) is 10.7. The van der Waals surface area contributed by atoms with Crippen LogP contribution in [0.5, 0.6) is 11.5 Å². The molecule has 0 radical (unpaired) electrons. The maximum atomic E-state index is 9.19. The van der Waals surface area contributed by atoms with Gasteiger partial charge in [0.1, 0.15) is 5.82 Å². The van der Waals surface area contributed by atoms with E-state index in [1.807, 2.05) is 36.7 Å². The van der Waals surface area contributed by atoms with E-state index in [0.29, 0.717) is 19.7 Å². The van der Waals surface area contributed by atoms with Crippen molar-refractivity contribution in [3.8, 4) is 11.5 Å². The first kappa shape index (κ1) is 18.1. The Morgan fingerprint density at radius 2 is 2.04 bits per heavy atom. The molecule has 6 nitrogen and oxygen atoms in total. The number of anilines is 1. The van der Waals surface area contributed by atoms with Crippen molar-refractivity contribution >= 4 is 5.82 Å². The second-order valence-electron chi connectivity index (χ2n) is 5.69. The number of ether oxygens (including phenoxy) is 2. The van der Waals surface area contributed by atoms with Gasteiger partial charge in [-0.2, -0.15) is 5.10 Å². The predicted octanol–water partition coefficient (Wildman–Crippen LogP) is 2.90. The largest absolute Gasteiger partial charge is 0.493 e. The van der Waals surface area contributed by atoms with Gasteiger partial charge in [0.2, 0.25) is 0 Å². The minimum Gasteiger partial charge on any atom is -0.493 e. The summed E-state index contributed by atoms with van der Waals surface area (Å²) < 4.78 is 12.9. The fourth-order valence-electron chi connectivity index (χ4n) is 2.49. The quantitative estimate of drug-likeness (QED) is 0.738. The summed E-state index contributed by atoms with van der Waals surface area (Å²) in [6.45, 7) is 7.92. The Balaban J connectivity index is 2.14. The van der Waals surface area contributed by atoms with E-state index in [0.717, 1.165) is 40.6 Å². The molecule has 0 saturated carbocycles. The van der Waals surface area contributed by atoms with E-state index in [4.69, 9.17) is 9.47 Å². The SMILES string of the molecule is CCCOc1cc(CNc2c(C)c(C)nn2CCO)ccc1OC. The molecule has 0 aliphatic heterocycles. The van der Waals surface area contributed by atoms with Crippen molar-refractivity contribution in [3.05, 3.63) is 35.0 Å². The highest BCUT2D eigenvalue weighted by molar-refractivity contribution is 5.48. The number of aryl methyl sites for hydroxylation is 1. The topological polar surface area (TPSA) is 68.5 Å². The van der Waals surface area contributed by atoms with Gasteiger partial charge in [-0.1, -0.05) is 13.0 Å². The van der Waals surface area contributed by atoms with Crippen LogP contribution in [0.25, 0.3) is 0 Å². The van der Waals surface area contributed by atoms with E-state index in [9.17, 15) is 5.11 Å². The summed E-state index contributed by atoms with van der Waals surface area (Å²) in [5.41, 5.74) is 3.16. The number of rotatable bonds is 9. The zero-order valence-electron chi connectivity index (χ0n) is 14.9. The molecule has 24 heavy (non-hydrogen) atoms. The van der Waals surface area contributed by atoms with Crippen LogP contribution >= 0.6 is 0 Å². The first-order chi connectivity index (χ1) is 11.6. The predicted molar refractivity (Wildman–Crippen MR) is 94.9 cm³/mol. The van der Waals surface area contributed by atoms with Gasteiger partial charge in [-0.25, -0.2) is 4.68 Å². The lowest BCUT2D eigenvalue weighted by Crippen LogP contribution is -2.11. The van der Waals surface area contributed by atoms with Crippen molar-refractivity contribution in [3.63, 3.8) is 0 Å². The van der Waals surface area contributed by atoms with Crippen LogP contribution in [0.15, 0.2) is 18.2 Å². The first-order valence-corrected chi connectivity index (χ1v) is 8.29. The highest BCUT2D eigenvalue weighted by atomic mass is 16.5. The Bertz CT molecular complexity index is 668. The fourth-order valence-corrected chi connectivity index (χ4v) is 2.49. The van der Waals surface area contributed by atoms with Crippen molar-refractivity contribution in [2.45, 2.75) is 40.3 Å². The number of hydrogen-bond donors (Lipinski definition) is 2. The van der Waals surface area contributed by atoms with Gasteiger partial charge in [-0.05, 0) is 38.0 Å². The molecule has 1 aromatic carbocycles. The number of aromatic nitrogens is 2. The van der Waals surface area contributed by atoms with E-state index in [1.165, 1.54) is 0 Å². The molecule has 2 rings (SSSR count). The van der Waals surface area contributed by atoms with Gasteiger partial charge in [0.25, 0.3) is 0 Å². The maximum Gasteiger partial charge on any atom is 0.161 e. The van der Waals surface area contributed by atoms with Gasteiger partial charge in [-0.15, -0.1) is 0 Å². The number of nitrogens with one attached hydrogen (secondary N) is 1. The molecular formula is C18H27N3O3. The van der Waals surface area contributed by atoms with Gasteiger partial charge < -0.3 is 19.9 Å². The van der Waals surface area contributed by atoms with Gasteiger partial charge in [0, 0.05) is 12.1 Å². The van der Waals surface area contributed by atoms with Crippen LogP contribution in [-0.4, -0.2) is 35.2 Å². The second kappa shape index (κ2) is 8.59. The van der Waals surface area contributed by atoms with Crippen LogP contribution in [0.4, 0.5) is 5.82 Å². The first-order valence-electron chi connectivity index (χ1n) is 8.29. The van der Waals surface area contributed by atoms with E-state index in [1.54, 1.807) is 7.11 Å². The summed E-state index contributed by atoms with van der Waals surface area (Å²) in [6, 6.07) is 5.93. The Hall–Kier alpha value is -2.21. The smallest absolute Gasteiger partial charge is 0.161 e. The molecular weight excluding hydrogens is 306 g/mol. The second-order valence-corrected chi connectivity index (χ2v) is 5.69. The van der Waals surface area contributed by atoms with Crippen molar-refractivity contribution in [1.82, 2.24) is 9.78 Å². The summed E-state index contributed by atoms with van der Waals surface area (Å²) in [4.78, 5) is 0. The van der Waals surface area contributed by atoms with Gasteiger partial charge in [-0.3, -0.25) is 0 Å². The van der Waals surface area contributed by atoms with Crippen molar-refractivity contribution in [2.24, 2.45) is 0 Å². The zero-order valence-corrected chi connectivity index (χ0v) is 14.9. The van der Waals surface area contributed by atoms with E-state index in [-0.39, 0.29) is 6.61 Å². The lowest BCUT2D eigenvalue weighted by molar-refractivity contribution is 0.270. The van der Waals surface area contributed by atoms with E-state index < -0.39 is 0 Å². The number of hydrogen-bond acceptors (Lipinski definition) is 5. The molecule has 0 aliphatic rings. The van der Waals surface area contributed by atoms with Crippen LogP contribution in [0.3, 0.4) is 0 Å². The third kappa shape index (κ3) is 4.20. The lowest BCUT2D eigenvalue weighted by Gasteiger charge is -2.14. The van der Waals surface area contributed by atoms with Gasteiger partial charge >= 0.3 is 0 Å². The molecule has 0 saturated heterocycles. The van der Waals surface area contributed by atoms with Crippen LogP contribution in [0.2, 0.25) is 0 Å². The molecule has 6 heteroatoms. The standard InChI is InChI=1S/C18H27N3O3/c1-5-10-24-17-11-15(6-7-16(17)23-4)12-19-18-13(2)14(3)20-21(18)8-9-22/h6-7,11,19,22H,5,8-10,12H2,1-4H3. The molecule has 132 valence electrons. The van der Waals surface area contributed by atoms with Gasteiger partial charge in [0.15, 0.2) is 11.5 Å². The van der Waals surface area contributed by atoms with Crippen LogP contribution in [0.1, 0.15) is 30.2 Å². The highest BCUT2D eigenvalue weighted by Crippen LogP contribution is 2.29. The zero-order chi connectivity index (χ0) is 17.5. The van der Waals surface area contributed by atoms with Crippen LogP contribution in [-0.2, 0) is 13.1 Å². The molecule has 2 aromatic rings. The molecule has 0 fully saturated rings. The Kier molecular flexibility index (Phi) is 6.49.